The number of hydrogen-bond donors (Lipinski definition) is 1. The van der Waals surface area contributed by atoms with Crippen molar-refractivity contribution in [1.82, 2.24) is 9.78 Å². The lowest BCUT2D eigenvalue weighted by Gasteiger charge is -2.02. The minimum absolute atomic E-state index is 0.0296. The van der Waals surface area contributed by atoms with Crippen molar-refractivity contribution in [2.45, 2.75) is 20.3 Å². The monoisotopic (exact) mass is 363 g/mol. The fraction of sp³-hybridized carbons (Fsp3) is 0.190. The molecule has 0 atom stereocenters. The molecule has 0 bridgehead atoms. The van der Waals surface area contributed by atoms with Gasteiger partial charge in [-0.15, -0.1) is 0 Å². The van der Waals surface area contributed by atoms with Crippen molar-refractivity contribution in [2.24, 2.45) is 4.99 Å². The zero-order valence-electron chi connectivity index (χ0n) is 15.3. The molecule has 0 fully saturated rings. The summed E-state index contributed by atoms with van der Waals surface area (Å²) in [6.07, 6.45) is 1.47. The highest BCUT2D eigenvalue weighted by Gasteiger charge is 2.17. The molecular formula is C21H21N3O3. The smallest absolute Gasteiger partial charge is 0.311 e. The summed E-state index contributed by atoms with van der Waals surface area (Å²) in [5.74, 6) is -0.399. The van der Waals surface area contributed by atoms with Crippen LogP contribution in [0.25, 0.3) is 5.69 Å². The maximum atomic E-state index is 12.9. The third-order valence-corrected chi connectivity index (χ3v) is 4.02. The third-order valence-electron chi connectivity index (χ3n) is 4.02. The molecule has 27 heavy (non-hydrogen) atoms. The van der Waals surface area contributed by atoms with E-state index in [0.29, 0.717) is 16.9 Å². The summed E-state index contributed by atoms with van der Waals surface area (Å²) in [6.45, 7) is 4.03. The van der Waals surface area contributed by atoms with Crippen LogP contribution in [0, 0.1) is 6.92 Å². The van der Waals surface area contributed by atoms with Crippen molar-refractivity contribution in [1.29, 1.82) is 0 Å². The Hall–Kier alpha value is -3.41. The van der Waals surface area contributed by atoms with E-state index in [-0.39, 0.29) is 18.6 Å². The molecule has 3 aromatic rings. The van der Waals surface area contributed by atoms with Gasteiger partial charge in [-0.05, 0) is 38.1 Å². The van der Waals surface area contributed by atoms with Gasteiger partial charge in [-0.2, -0.15) is 0 Å². The molecule has 0 aliphatic rings. The molecule has 0 aliphatic carbocycles. The number of aromatic nitrogens is 2. The van der Waals surface area contributed by atoms with Gasteiger partial charge in [0.1, 0.15) is 0 Å². The van der Waals surface area contributed by atoms with E-state index in [1.54, 1.807) is 6.92 Å². The van der Waals surface area contributed by atoms with Crippen molar-refractivity contribution in [2.75, 3.05) is 6.61 Å². The van der Waals surface area contributed by atoms with Gasteiger partial charge in [0.05, 0.1) is 35.7 Å². The van der Waals surface area contributed by atoms with Crippen molar-refractivity contribution in [3.05, 3.63) is 81.8 Å². The number of ether oxygens (including phenoxy) is 1. The second kappa shape index (κ2) is 8.31. The number of para-hydroxylation sites is 1. The number of nitrogens with one attached hydrogen (secondary N) is 1. The topological polar surface area (TPSA) is 76.5 Å². The number of aromatic amines is 1. The fourth-order valence-electron chi connectivity index (χ4n) is 2.65. The number of esters is 1. The van der Waals surface area contributed by atoms with Gasteiger partial charge in [0.2, 0.25) is 0 Å². The van der Waals surface area contributed by atoms with Crippen molar-refractivity contribution < 1.29 is 9.53 Å². The first kappa shape index (κ1) is 18.4. The van der Waals surface area contributed by atoms with Crippen LogP contribution in [0.4, 0.5) is 5.69 Å². The second-order valence-corrected chi connectivity index (χ2v) is 6.06. The molecule has 0 unspecified atom stereocenters. The summed E-state index contributed by atoms with van der Waals surface area (Å²) in [5, 5.41) is 3.01. The Morgan fingerprint density at radius 3 is 2.52 bits per heavy atom. The Balaban J connectivity index is 2.01. The van der Waals surface area contributed by atoms with E-state index in [2.05, 4.69) is 10.1 Å². The average molecular weight is 363 g/mol. The zero-order chi connectivity index (χ0) is 19.2. The molecule has 138 valence electrons. The van der Waals surface area contributed by atoms with E-state index in [1.807, 2.05) is 61.5 Å². The number of carbonyl (C=O) groups is 1. The Bertz CT molecular complexity index is 999. The molecule has 0 spiro atoms. The number of hydrogen-bond acceptors (Lipinski definition) is 4. The number of H-pyrrole nitrogens is 1. The summed E-state index contributed by atoms with van der Waals surface area (Å²) >= 11 is 0. The van der Waals surface area contributed by atoms with E-state index < -0.39 is 5.97 Å². The van der Waals surface area contributed by atoms with Gasteiger partial charge in [0, 0.05) is 6.21 Å². The first-order chi connectivity index (χ1) is 13.1. The SMILES string of the molecule is CCOC(=O)Cc1[nH]n(-c2ccccc2)c(=O)c1C=Nc1ccc(C)cc1. The molecule has 6 nitrogen and oxygen atoms in total. The van der Waals surface area contributed by atoms with E-state index in [0.717, 1.165) is 11.3 Å². The molecule has 1 aromatic heterocycles. The maximum Gasteiger partial charge on any atom is 0.311 e. The number of carbonyl (C=O) groups excluding carboxylic acids is 1. The number of aliphatic imine (C=N–C) groups is 1. The van der Waals surface area contributed by atoms with E-state index in [9.17, 15) is 9.59 Å². The number of nitrogens with zero attached hydrogens (tertiary/aromatic N) is 2. The molecule has 0 aliphatic heterocycles. The molecule has 3 rings (SSSR count). The van der Waals surface area contributed by atoms with Gasteiger partial charge in [-0.25, -0.2) is 4.68 Å². The Labute approximate surface area is 157 Å². The molecular weight excluding hydrogens is 342 g/mol. The van der Waals surface area contributed by atoms with Crippen LogP contribution in [0.5, 0.6) is 0 Å². The van der Waals surface area contributed by atoms with Gasteiger partial charge in [0.15, 0.2) is 0 Å². The molecule has 6 heteroatoms. The summed E-state index contributed by atoms with van der Waals surface area (Å²) in [7, 11) is 0. The van der Waals surface area contributed by atoms with Crippen LogP contribution >= 0.6 is 0 Å². The van der Waals surface area contributed by atoms with Crippen LogP contribution in [-0.2, 0) is 16.0 Å². The fourth-order valence-corrected chi connectivity index (χ4v) is 2.65. The molecule has 2 aromatic carbocycles. The first-order valence-electron chi connectivity index (χ1n) is 8.74. The quantitative estimate of drug-likeness (QED) is 0.539. The standard InChI is InChI=1S/C21H21N3O3/c1-3-27-20(25)13-19-18(14-22-16-11-9-15(2)10-12-16)21(26)24(23-19)17-7-5-4-6-8-17/h4-12,14,23H,3,13H2,1-2H3. The van der Waals surface area contributed by atoms with Gasteiger partial charge in [-0.1, -0.05) is 35.9 Å². The van der Waals surface area contributed by atoms with Crippen LogP contribution in [-0.4, -0.2) is 28.6 Å². The summed E-state index contributed by atoms with van der Waals surface area (Å²) in [4.78, 5) is 29.2. The van der Waals surface area contributed by atoms with Gasteiger partial charge in [-0.3, -0.25) is 19.7 Å². The summed E-state index contributed by atoms with van der Waals surface area (Å²) in [6, 6.07) is 16.8. The van der Waals surface area contributed by atoms with Crippen LogP contribution in [0.3, 0.4) is 0 Å². The highest BCUT2D eigenvalue weighted by Crippen LogP contribution is 2.13. The van der Waals surface area contributed by atoms with Crippen molar-refractivity contribution in [3.8, 4) is 5.69 Å². The average Bonchev–Trinajstić information content (AvgIpc) is 2.97. The second-order valence-electron chi connectivity index (χ2n) is 6.06. The lowest BCUT2D eigenvalue weighted by atomic mass is 10.2. The normalized spacial score (nSPS) is 11.0. The number of benzene rings is 2. The largest absolute Gasteiger partial charge is 0.466 e. The molecule has 1 heterocycles. The zero-order valence-corrected chi connectivity index (χ0v) is 15.3. The van der Waals surface area contributed by atoms with Crippen LogP contribution in [0.2, 0.25) is 0 Å². The van der Waals surface area contributed by atoms with Crippen molar-refractivity contribution in [3.63, 3.8) is 0 Å². The lowest BCUT2D eigenvalue weighted by Crippen LogP contribution is -2.17. The van der Waals surface area contributed by atoms with Gasteiger partial charge >= 0.3 is 5.97 Å². The minimum Gasteiger partial charge on any atom is -0.466 e. The van der Waals surface area contributed by atoms with Crippen LogP contribution in [0.15, 0.2) is 64.4 Å². The molecule has 0 amide bonds. The highest BCUT2D eigenvalue weighted by atomic mass is 16.5. The summed E-state index contributed by atoms with van der Waals surface area (Å²) < 4.78 is 6.42. The molecule has 0 saturated carbocycles. The summed E-state index contributed by atoms with van der Waals surface area (Å²) in [5.41, 5.74) is 3.09. The maximum absolute atomic E-state index is 12.9. The van der Waals surface area contributed by atoms with Gasteiger partial charge < -0.3 is 4.74 Å². The van der Waals surface area contributed by atoms with Gasteiger partial charge in [0.25, 0.3) is 5.56 Å². The Kier molecular flexibility index (Phi) is 5.66. The molecule has 1 N–H and O–H groups in total. The van der Waals surface area contributed by atoms with E-state index in [1.165, 1.54) is 10.9 Å². The molecule has 0 radical (unpaired) electrons. The number of rotatable bonds is 6. The predicted molar refractivity (Wildman–Crippen MR) is 105 cm³/mol. The van der Waals surface area contributed by atoms with Crippen LogP contribution in [0.1, 0.15) is 23.7 Å². The molecule has 0 saturated heterocycles. The lowest BCUT2D eigenvalue weighted by molar-refractivity contribution is -0.142. The Morgan fingerprint density at radius 1 is 1.15 bits per heavy atom. The minimum atomic E-state index is -0.399. The first-order valence-corrected chi connectivity index (χ1v) is 8.74. The van der Waals surface area contributed by atoms with E-state index in [4.69, 9.17) is 4.74 Å². The highest BCUT2D eigenvalue weighted by molar-refractivity contribution is 5.85. The van der Waals surface area contributed by atoms with Crippen molar-refractivity contribution >= 4 is 17.9 Å². The van der Waals surface area contributed by atoms with E-state index >= 15 is 0 Å². The number of aryl methyl sites for hydroxylation is 1. The van der Waals surface area contributed by atoms with Crippen LogP contribution < -0.4 is 5.56 Å². The predicted octanol–water partition coefficient (Wildman–Crippen LogP) is 3.33. The Morgan fingerprint density at radius 2 is 1.85 bits per heavy atom. The third kappa shape index (κ3) is 4.41.